The second-order valence-corrected chi connectivity index (χ2v) is 19.4. The predicted molar refractivity (Wildman–Crippen MR) is 238 cm³/mol. The van der Waals surface area contributed by atoms with Gasteiger partial charge in [-0.1, -0.05) is 63.6 Å². The average Bonchev–Trinajstić information content (AvgIpc) is 3.27. The maximum Gasteiger partial charge on any atom is 0.329 e. The third kappa shape index (κ3) is 12.0. The van der Waals surface area contributed by atoms with Crippen molar-refractivity contribution in [2.45, 2.75) is 173 Å². The zero-order chi connectivity index (χ0) is 47.0. The number of aliphatic hydroxyl groups excluding tert-OH is 2. The molecule has 0 aromatic carbocycles. The van der Waals surface area contributed by atoms with Gasteiger partial charge in [0.15, 0.2) is 5.78 Å². The number of cyclic esters (lactones) is 1. The van der Waals surface area contributed by atoms with Crippen molar-refractivity contribution in [3.8, 4) is 0 Å². The number of ether oxygens (including phenoxy) is 5. The van der Waals surface area contributed by atoms with E-state index in [-0.39, 0.29) is 54.8 Å². The number of nitrogens with zero attached hydrogens (tertiary/aromatic N) is 1. The van der Waals surface area contributed by atoms with Gasteiger partial charge in [0.05, 0.1) is 24.4 Å². The number of piperidine rings is 1. The number of aliphatic hydroxyl groups is 3. The molecule has 2 bridgehead atoms. The number of carbonyl (C=O) groups is 5. The van der Waals surface area contributed by atoms with Crippen LogP contribution >= 0.6 is 0 Å². The second kappa shape index (κ2) is 22.9. The van der Waals surface area contributed by atoms with Gasteiger partial charge >= 0.3 is 5.97 Å². The van der Waals surface area contributed by atoms with E-state index in [4.69, 9.17) is 23.7 Å². The molecule has 0 spiro atoms. The average molecular weight is 898 g/mol. The molecule has 3 aliphatic heterocycles. The van der Waals surface area contributed by atoms with Crippen LogP contribution in [0.15, 0.2) is 47.1 Å². The van der Waals surface area contributed by atoms with Crippen LogP contribution < -0.4 is 0 Å². The number of ketones is 3. The minimum absolute atomic E-state index is 0.0915. The first kappa shape index (κ1) is 51.6. The van der Waals surface area contributed by atoms with Crippen LogP contribution in [0.3, 0.4) is 0 Å². The molecular weight excluding hydrogens is 823 g/mol. The summed E-state index contributed by atoms with van der Waals surface area (Å²) in [6, 6.07) is -1.13. The molecule has 2 saturated carbocycles. The molecule has 0 radical (unpaired) electrons. The number of Topliss-reactive ketones (excluding diaryl/α,β-unsaturated/α-hetero) is 3. The van der Waals surface area contributed by atoms with E-state index in [1.807, 2.05) is 45.1 Å². The van der Waals surface area contributed by atoms with E-state index in [0.717, 1.165) is 17.6 Å². The lowest BCUT2D eigenvalue weighted by atomic mass is 9.67. The Bertz CT molecular complexity index is 1800. The summed E-state index contributed by atoms with van der Waals surface area (Å²) in [5, 5.41) is 33.9. The summed E-state index contributed by atoms with van der Waals surface area (Å²) in [6.45, 7) is 11.0. The molecule has 5 aliphatic rings. The Hall–Kier alpha value is -3.37. The largest absolute Gasteiger partial charge is 0.460 e. The van der Waals surface area contributed by atoms with Gasteiger partial charge < -0.3 is 43.9 Å². The fourth-order valence-corrected chi connectivity index (χ4v) is 10.5. The molecule has 1 amide bonds. The molecule has 4 fully saturated rings. The number of fused-ring (bicyclic) bond motifs is 4. The highest BCUT2D eigenvalue weighted by atomic mass is 16.6. The second-order valence-electron chi connectivity index (χ2n) is 19.4. The Morgan fingerprint density at radius 2 is 1.58 bits per heavy atom. The van der Waals surface area contributed by atoms with Gasteiger partial charge in [-0.25, -0.2) is 4.79 Å². The third-order valence-corrected chi connectivity index (χ3v) is 14.9. The van der Waals surface area contributed by atoms with Gasteiger partial charge in [0.25, 0.3) is 11.7 Å². The van der Waals surface area contributed by atoms with Crippen LogP contribution in [0.4, 0.5) is 0 Å². The van der Waals surface area contributed by atoms with Crippen molar-refractivity contribution in [3.63, 3.8) is 0 Å². The van der Waals surface area contributed by atoms with E-state index in [2.05, 4.69) is 0 Å². The predicted octanol–water partition coefficient (Wildman–Crippen LogP) is 5.54. The van der Waals surface area contributed by atoms with Crippen LogP contribution in [-0.2, 0) is 47.7 Å². The number of methoxy groups -OCH3 is 3. The fraction of sp³-hybridized carbons (Fsp3) is 0.740. The zero-order valence-electron chi connectivity index (χ0n) is 39.5. The summed E-state index contributed by atoms with van der Waals surface area (Å²) in [5.41, 5.74) is 2.17. The molecule has 0 aromatic heterocycles. The Balaban J connectivity index is 1.49. The molecule has 0 aromatic rings. The first-order chi connectivity index (χ1) is 30.3. The number of hydrogen-bond acceptors (Lipinski definition) is 13. The highest BCUT2D eigenvalue weighted by Crippen LogP contribution is 2.42. The summed E-state index contributed by atoms with van der Waals surface area (Å²) in [7, 11) is 4.52. The third-order valence-electron chi connectivity index (χ3n) is 14.9. The number of allylic oxidation sites excluding steroid dienone is 6. The Morgan fingerprint density at radius 1 is 0.859 bits per heavy atom. The summed E-state index contributed by atoms with van der Waals surface area (Å²) in [4.78, 5) is 72.0. The van der Waals surface area contributed by atoms with Crippen molar-refractivity contribution in [2.75, 3.05) is 27.9 Å². The SMILES string of the molecule is CO[C@H]1CC2CC[C@@H](C)[C@@](O)(O2)C(=O)C(=O)N2CCCCC2C(=O)O[C@H]([C@H](C)C[C@@H]2CC[C@@H](O)[C@H](OC)C2)CC(=O)[C@H](C)/C=C(\C)[C@@H](O)[C@@H](OC)C(=O)[C@H]2C[C@H](C)/C2=C/C=C/C=C1C. The number of esters is 1. The summed E-state index contributed by atoms with van der Waals surface area (Å²) < 4.78 is 29.4. The highest BCUT2D eigenvalue weighted by molar-refractivity contribution is 6.39. The highest BCUT2D eigenvalue weighted by Gasteiger charge is 2.53. The van der Waals surface area contributed by atoms with Crippen LogP contribution in [0, 0.1) is 35.5 Å². The lowest BCUT2D eigenvalue weighted by Crippen LogP contribution is -2.61. The monoisotopic (exact) mass is 898 g/mol. The maximum absolute atomic E-state index is 14.3. The molecule has 358 valence electrons. The number of carbonyl (C=O) groups excluding carboxylic acids is 5. The minimum Gasteiger partial charge on any atom is -0.460 e. The van der Waals surface area contributed by atoms with Crippen LogP contribution in [-0.4, -0.2) is 132 Å². The number of hydrogen-bond donors (Lipinski definition) is 3. The molecular formula is C50H75NO13. The van der Waals surface area contributed by atoms with Gasteiger partial charge in [0.1, 0.15) is 30.1 Å². The van der Waals surface area contributed by atoms with E-state index in [9.17, 15) is 39.3 Å². The van der Waals surface area contributed by atoms with Crippen LogP contribution in [0.25, 0.3) is 0 Å². The smallest absolute Gasteiger partial charge is 0.329 e. The lowest BCUT2D eigenvalue weighted by molar-refractivity contribution is -0.265. The van der Waals surface area contributed by atoms with Gasteiger partial charge in [-0.3, -0.25) is 19.2 Å². The van der Waals surface area contributed by atoms with Crippen molar-refractivity contribution >= 4 is 29.2 Å². The van der Waals surface area contributed by atoms with E-state index >= 15 is 0 Å². The van der Waals surface area contributed by atoms with Gasteiger partial charge in [0.2, 0.25) is 5.79 Å². The molecule has 2 aliphatic carbocycles. The van der Waals surface area contributed by atoms with Gasteiger partial charge in [-0.2, -0.15) is 0 Å². The Morgan fingerprint density at radius 3 is 2.25 bits per heavy atom. The van der Waals surface area contributed by atoms with Crippen molar-refractivity contribution in [3.05, 3.63) is 47.1 Å². The molecule has 3 N–H and O–H groups in total. The molecule has 2 saturated heterocycles. The summed E-state index contributed by atoms with van der Waals surface area (Å²) in [6.07, 6.45) is 9.19. The molecule has 15 atom stereocenters. The Kier molecular flexibility index (Phi) is 18.5. The normalized spacial score (nSPS) is 40.8. The topological polar surface area (TPSA) is 195 Å². The summed E-state index contributed by atoms with van der Waals surface area (Å²) >= 11 is 0. The van der Waals surface area contributed by atoms with Crippen molar-refractivity contribution in [1.82, 2.24) is 4.90 Å². The van der Waals surface area contributed by atoms with Crippen molar-refractivity contribution in [2.24, 2.45) is 35.5 Å². The van der Waals surface area contributed by atoms with E-state index in [1.165, 1.54) is 12.0 Å². The van der Waals surface area contributed by atoms with Gasteiger partial charge in [-0.15, -0.1) is 0 Å². The van der Waals surface area contributed by atoms with Crippen molar-refractivity contribution in [1.29, 1.82) is 0 Å². The fourth-order valence-electron chi connectivity index (χ4n) is 10.5. The maximum atomic E-state index is 14.3. The standard InChI is InChI=1S/C50H75NO13/c1-28-14-10-11-15-36-29(2)24-37(36)45(55)46(62-9)44(54)32(5)22-30(3)40(53)27-42(31(4)23-34-18-20-39(52)43(25-34)61-8)63-49(58)38-16-12-13-21-51(38)48(57)47(56)50(59)33(6)17-19-35(64-50)26-41(28)60-7/h10-11,14-15,22,29-31,33-35,37-39,41-44,46,52,54,59H,12-13,16-21,23-27H2,1-9H3/b11-10+,28-14?,32-22+,36-15-/t29-,30+,31+,33+,34-,35?,37-,38?,39+,41-,42-,43+,44+,46+,50+/m0/s1. The molecule has 2 unspecified atom stereocenters. The summed E-state index contributed by atoms with van der Waals surface area (Å²) in [5.74, 6) is -7.82. The van der Waals surface area contributed by atoms with Crippen molar-refractivity contribution < 1.29 is 63.0 Å². The molecule has 3 heterocycles. The van der Waals surface area contributed by atoms with E-state index in [1.54, 1.807) is 41.1 Å². The quantitative estimate of drug-likeness (QED) is 0.171. The lowest BCUT2D eigenvalue weighted by Gasteiger charge is -2.42. The van der Waals surface area contributed by atoms with Crippen LogP contribution in [0.2, 0.25) is 0 Å². The number of rotatable bonds is 6. The van der Waals surface area contributed by atoms with E-state index < -0.39 is 83.9 Å². The molecule has 14 heteroatoms. The molecule has 14 nitrogen and oxygen atoms in total. The first-order valence-corrected chi connectivity index (χ1v) is 23.5. The zero-order valence-corrected chi connectivity index (χ0v) is 39.5. The van der Waals surface area contributed by atoms with Gasteiger partial charge in [0, 0.05) is 58.5 Å². The first-order valence-electron chi connectivity index (χ1n) is 23.5. The van der Waals surface area contributed by atoms with Crippen LogP contribution in [0.1, 0.15) is 119 Å². The van der Waals surface area contributed by atoms with Crippen LogP contribution in [0.5, 0.6) is 0 Å². The molecule has 64 heavy (non-hydrogen) atoms. The minimum atomic E-state index is -2.43. The Labute approximate surface area is 379 Å². The van der Waals surface area contributed by atoms with Gasteiger partial charge in [-0.05, 0) is 107 Å². The number of amides is 1. The molecule has 5 rings (SSSR count). The van der Waals surface area contributed by atoms with E-state index in [0.29, 0.717) is 63.4 Å².